The van der Waals surface area contributed by atoms with Crippen LogP contribution in [0.3, 0.4) is 0 Å². The fraction of sp³-hybridized carbons (Fsp3) is 0. The first kappa shape index (κ1) is 9.59. The van der Waals surface area contributed by atoms with Crippen LogP contribution in [0.5, 0.6) is 0 Å². The summed E-state index contributed by atoms with van der Waals surface area (Å²) in [6.45, 7) is 0. The Morgan fingerprint density at radius 2 is 2.18 bits per heavy atom. The molecule has 2 heterocycles. The molecule has 3 rings (SSSR count). The molecule has 17 heavy (non-hydrogen) atoms. The third-order valence-electron chi connectivity index (χ3n) is 2.38. The molecule has 0 bridgehead atoms. The molecule has 0 aliphatic rings. The first-order chi connectivity index (χ1) is 8.25. The molecule has 0 aliphatic carbocycles. The summed E-state index contributed by atoms with van der Waals surface area (Å²) in [7, 11) is 0. The SMILES string of the molecule is O=C(O)c1cc(-c2cccc3cnoc23)no1. The van der Waals surface area contributed by atoms with Gasteiger partial charge in [0.2, 0.25) is 5.76 Å². The Bertz CT molecular complexity index is 698. The van der Waals surface area contributed by atoms with Gasteiger partial charge in [-0.15, -0.1) is 0 Å². The molecule has 0 saturated carbocycles. The molecule has 0 amide bonds. The molecule has 6 nitrogen and oxygen atoms in total. The highest BCUT2D eigenvalue weighted by molar-refractivity contribution is 5.92. The molecule has 0 atom stereocenters. The lowest BCUT2D eigenvalue weighted by atomic mass is 10.1. The maximum Gasteiger partial charge on any atom is 0.374 e. The summed E-state index contributed by atoms with van der Waals surface area (Å²) in [5.41, 5.74) is 1.61. The lowest BCUT2D eigenvalue weighted by molar-refractivity contribution is 0.0652. The summed E-state index contributed by atoms with van der Waals surface area (Å²) >= 11 is 0. The number of benzene rings is 1. The molecule has 0 spiro atoms. The number of fused-ring (bicyclic) bond motifs is 1. The Balaban J connectivity index is 2.19. The van der Waals surface area contributed by atoms with E-state index in [0.717, 1.165) is 5.39 Å². The maximum absolute atomic E-state index is 10.7. The fourth-order valence-corrected chi connectivity index (χ4v) is 1.60. The van der Waals surface area contributed by atoms with Gasteiger partial charge in [-0.3, -0.25) is 0 Å². The maximum atomic E-state index is 10.7. The van der Waals surface area contributed by atoms with Crippen molar-refractivity contribution < 1.29 is 18.9 Å². The number of carboxylic acids is 1. The minimum absolute atomic E-state index is 0.212. The average Bonchev–Trinajstić information content (AvgIpc) is 2.97. The van der Waals surface area contributed by atoms with Crippen molar-refractivity contribution in [1.29, 1.82) is 0 Å². The second-order valence-electron chi connectivity index (χ2n) is 3.43. The van der Waals surface area contributed by atoms with Crippen LogP contribution in [0.4, 0.5) is 0 Å². The second-order valence-corrected chi connectivity index (χ2v) is 3.43. The zero-order chi connectivity index (χ0) is 11.8. The number of aromatic carboxylic acids is 1. The summed E-state index contributed by atoms with van der Waals surface area (Å²) in [5, 5.41) is 16.9. The molecule has 0 unspecified atom stereocenters. The minimum atomic E-state index is -1.16. The summed E-state index contributed by atoms with van der Waals surface area (Å²) in [6.07, 6.45) is 1.58. The van der Waals surface area contributed by atoms with Crippen LogP contribution in [0.2, 0.25) is 0 Å². The molecule has 0 radical (unpaired) electrons. The van der Waals surface area contributed by atoms with Crippen molar-refractivity contribution in [2.75, 3.05) is 0 Å². The molecular weight excluding hydrogens is 224 g/mol. The van der Waals surface area contributed by atoms with Crippen LogP contribution in [0, 0.1) is 0 Å². The van der Waals surface area contributed by atoms with E-state index in [4.69, 9.17) is 14.2 Å². The molecule has 84 valence electrons. The summed E-state index contributed by atoms with van der Waals surface area (Å²) in [5.74, 6) is -1.37. The fourth-order valence-electron chi connectivity index (χ4n) is 1.60. The van der Waals surface area contributed by atoms with Crippen molar-refractivity contribution in [3.63, 3.8) is 0 Å². The Labute approximate surface area is 94.4 Å². The Morgan fingerprint density at radius 3 is 2.94 bits per heavy atom. The minimum Gasteiger partial charge on any atom is -0.475 e. The van der Waals surface area contributed by atoms with Crippen molar-refractivity contribution in [1.82, 2.24) is 10.3 Å². The molecule has 0 aliphatic heterocycles. The van der Waals surface area contributed by atoms with Gasteiger partial charge in [-0.2, -0.15) is 0 Å². The normalized spacial score (nSPS) is 10.8. The molecule has 1 N–H and O–H groups in total. The van der Waals surface area contributed by atoms with Crippen LogP contribution >= 0.6 is 0 Å². The number of carboxylic acid groups (broad SMARTS) is 1. The quantitative estimate of drug-likeness (QED) is 0.725. The number of nitrogens with zero attached hydrogens (tertiary/aromatic N) is 2. The van der Waals surface area contributed by atoms with Gasteiger partial charge in [0.1, 0.15) is 5.69 Å². The highest BCUT2D eigenvalue weighted by Gasteiger charge is 2.15. The molecule has 1 aromatic carbocycles. The summed E-state index contributed by atoms with van der Waals surface area (Å²) in [6, 6.07) is 6.76. The molecule has 6 heteroatoms. The Kier molecular flexibility index (Phi) is 1.94. The Hall–Kier alpha value is -2.63. The third-order valence-corrected chi connectivity index (χ3v) is 2.38. The van der Waals surface area contributed by atoms with E-state index >= 15 is 0 Å². The van der Waals surface area contributed by atoms with Crippen LogP contribution in [-0.4, -0.2) is 21.4 Å². The molecule has 0 saturated heterocycles. The first-order valence-electron chi connectivity index (χ1n) is 4.79. The van der Waals surface area contributed by atoms with Crippen molar-refractivity contribution in [3.8, 4) is 11.3 Å². The predicted octanol–water partition coefficient (Wildman–Crippen LogP) is 2.18. The monoisotopic (exact) mass is 230 g/mol. The van der Waals surface area contributed by atoms with Crippen molar-refractivity contribution >= 4 is 16.9 Å². The predicted molar refractivity (Wildman–Crippen MR) is 56.5 cm³/mol. The van der Waals surface area contributed by atoms with E-state index < -0.39 is 5.97 Å². The zero-order valence-corrected chi connectivity index (χ0v) is 8.45. The van der Waals surface area contributed by atoms with E-state index in [1.807, 2.05) is 12.1 Å². The van der Waals surface area contributed by atoms with E-state index in [1.165, 1.54) is 6.07 Å². The van der Waals surface area contributed by atoms with Crippen molar-refractivity contribution in [2.45, 2.75) is 0 Å². The van der Waals surface area contributed by atoms with Crippen LogP contribution < -0.4 is 0 Å². The summed E-state index contributed by atoms with van der Waals surface area (Å²) in [4.78, 5) is 10.7. The van der Waals surface area contributed by atoms with Crippen LogP contribution in [-0.2, 0) is 0 Å². The molecule has 0 fully saturated rings. The van der Waals surface area contributed by atoms with E-state index in [2.05, 4.69) is 10.3 Å². The van der Waals surface area contributed by atoms with E-state index in [9.17, 15) is 4.79 Å². The van der Waals surface area contributed by atoms with Gasteiger partial charge in [-0.25, -0.2) is 4.79 Å². The van der Waals surface area contributed by atoms with E-state index in [0.29, 0.717) is 16.8 Å². The number of aromatic nitrogens is 2. The van der Waals surface area contributed by atoms with E-state index in [-0.39, 0.29) is 5.76 Å². The van der Waals surface area contributed by atoms with Gasteiger partial charge in [0.15, 0.2) is 5.58 Å². The number of hydrogen-bond acceptors (Lipinski definition) is 5. The molecule has 2 aromatic heterocycles. The van der Waals surface area contributed by atoms with Gasteiger partial charge in [0.05, 0.1) is 6.20 Å². The van der Waals surface area contributed by atoms with Gasteiger partial charge in [-0.05, 0) is 12.1 Å². The molecule has 3 aromatic rings. The highest BCUT2D eigenvalue weighted by Crippen LogP contribution is 2.27. The standard InChI is InChI=1S/C11H6N2O4/c14-11(15)9-4-8(13-16-9)7-3-1-2-6-5-12-17-10(6)7/h1-5H,(H,14,15). The lowest BCUT2D eigenvalue weighted by Gasteiger charge is -1.94. The third kappa shape index (κ3) is 1.46. The van der Waals surface area contributed by atoms with Crippen molar-refractivity contribution in [2.24, 2.45) is 0 Å². The topological polar surface area (TPSA) is 89.4 Å². The van der Waals surface area contributed by atoms with Gasteiger partial charge < -0.3 is 14.2 Å². The molecular formula is C11H6N2O4. The highest BCUT2D eigenvalue weighted by atomic mass is 16.5. The Morgan fingerprint density at radius 1 is 1.29 bits per heavy atom. The first-order valence-corrected chi connectivity index (χ1v) is 4.79. The largest absolute Gasteiger partial charge is 0.475 e. The summed E-state index contributed by atoms with van der Waals surface area (Å²) < 4.78 is 9.79. The number of para-hydroxylation sites is 1. The zero-order valence-electron chi connectivity index (χ0n) is 8.45. The average molecular weight is 230 g/mol. The smallest absolute Gasteiger partial charge is 0.374 e. The number of rotatable bonds is 2. The van der Waals surface area contributed by atoms with Crippen LogP contribution in [0.1, 0.15) is 10.6 Å². The van der Waals surface area contributed by atoms with Crippen LogP contribution in [0.25, 0.3) is 22.2 Å². The van der Waals surface area contributed by atoms with E-state index in [1.54, 1.807) is 12.3 Å². The van der Waals surface area contributed by atoms with Gasteiger partial charge >= 0.3 is 5.97 Å². The second kappa shape index (κ2) is 3.44. The van der Waals surface area contributed by atoms with Gasteiger partial charge in [-0.1, -0.05) is 16.4 Å². The van der Waals surface area contributed by atoms with Gasteiger partial charge in [0.25, 0.3) is 0 Å². The number of hydrogen-bond donors (Lipinski definition) is 1. The van der Waals surface area contributed by atoms with Crippen LogP contribution in [0.15, 0.2) is 39.5 Å². The van der Waals surface area contributed by atoms with Gasteiger partial charge in [0, 0.05) is 17.0 Å². The number of carbonyl (C=O) groups is 1. The van der Waals surface area contributed by atoms with Crippen molar-refractivity contribution in [3.05, 3.63) is 36.2 Å². The lowest BCUT2D eigenvalue weighted by Crippen LogP contribution is -1.91.